The van der Waals surface area contributed by atoms with Crippen LogP contribution in [0.25, 0.3) is 5.69 Å². The Morgan fingerprint density at radius 3 is 2.66 bits per heavy atom. The van der Waals surface area contributed by atoms with Crippen molar-refractivity contribution < 1.29 is 9.84 Å². The molecule has 7 nitrogen and oxygen atoms in total. The topological polar surface area (TPSA) is 85.1 Å². The summed E-state index contributed by atoms with van der Waals surface area (Å²) in [5.41, 5.74) is 4.49. The molecule has 0 amide bonds. The van der Waals surface area contributed by atoms with Crippen LogP contribution in [0, 0.1) is 6.92 Å². The van der Waals surface area contributed by atoms with Crippen molar-refractivity contribution in [2.45, 2.75) is 52.1 Å². The van der Waals surface area contributed by atoms with E-state index in [0.717, 1.165) is 54.0 Å². The van der Waals surface area contributed by atoms with Crippen LogP contribution in [-0.2, 0) is 18.4 Å². The normalized spacial score (nSPS) is 13.8. The Balaban J connectivity index is 1.69. The average Bonchev–Trinajstić information content (AvgIpc) is 3.12. The predicted octanol–water partition coefficient (Wildman–Crippen LogP) is 3.83. The Bertz CT molecular complexity index is 1040. The fourth-order valence-corrected chi connectivity index (χ4v) is 3.81. The Kier molecular flexibility index (Phi) is 5.00. The van der Waals surface area contributed by atoms with Crippen molar-refractivity contribution in [2.75, 3.05) is 12.4 Å². The summed E-state index contributed by atoms with van der Waals surface area (Å²) in [4.78, 5) is 13.7. The van der Waals surface area contributed by atoms with Crippen molar-refractivity contribution in [1.82, 2.24) is 19.5 Å². The van der Waals surface area contributed by atoms with Crippen molar-refractivity contribution >= 4 is 11.6 Å². The van der Waals surface area contributed by atoms with Crippen LogP contribution in [0.5, 0.6) is 5.75 Å². The van der Waals surface area contributed by atoms with Gasteiger partial charge in [-0.2, -0.15) is 0 Å². The second-order valence-electron chi connectivity index (χ2n) is 8.02. The number of aromatic nitrogens is 4. The monoisotopic (exact) mass is 393 g/mol. The number of rotatable bonds is 5. The first-order valence-electron chi connectivity index (χ1n) is 9.94. The lowest BCUT2D eigenvalue weighted by Gasteiger charge is -2.25. The maximum atomic E-state index is 10.6. The van der Waals surface area contributed by atoms with E-state index in [2.05, 4.69) is 15.3 Å². The first-order valence-corrected chi connectivity index (χ1v) is 9.94. The van der Waals surface area contributed by atoms with Crippen LogP contribution in [0.3, 0.4) is 0 Å². The molecule has 0 atom stereocenters. The van der Waals surface area contributed by atoms with Gasteiger partial charge in [0.05, 0.1) is 30.5 Å². The Hall–Kier alpha value is -2.93. The zero-order valence-corrected chi connectivity index (χ0v) is 17.4. The highest BCUT2D eigenvalue weighted by atomic mass is 16.5. The second-order valence-corrected chi connectivity index (χ2v) is 8.02. The van der Waals surface area contributed by atoms with Gasteiger partial charge in [0.25, 0.3) is 0 Å². The van der Waals surface area contributed by atoms with E-state index in [0.29, 0.717) is 17.4 Å². The lowest BCUT2D eigenvalue weighted by Crippen LogP contribution is -2.24. The van der Waals surface area contributed by atoms with E-state index in [-0.39, 0.29) is 0 Å². The number of aryl methyl sites for hydroxylation is 2. The van der Waals surface area contributed by atoms with Gasteiger partial charge >= 0.3 is 0 Å². The van der Waals surface area contributed by atoms with Crippen LogP contribution >= 0.6 is 0 Å². The Morgan fingerprint density at radius 2 is 1.97 bits per heavy atom. The minimum absolute atomic E-state index is 0.496. The number of methoxy groups -OCH3 is 1. The molecule has 0 saturated carbocycles. The molecule has 0 unspecified atom stereocenters. The molecule has 1 aromatic carbocycles. The molecule has 2 N–H and O–H groups in total. The Morgan fingerprint density at radius 1 is 1.17 bits per heavy atom. The van der Waals surface area contributed by atoms with Crippen molar-refractivity contribution in [1.29, 1.82) is 0 Å². The van der Waals surface area contributed by atoms with Gasteiger partial charge in [-0.05, 0) is 64.2 Å². The molecule has 0 bridgehead atoms. The molecule has 4 rings (SSSR count). The summed E-state index contributed by atoms with van der Waals surface area (Å²) in [7, 11) is 1.65. The van der Waals surface area contributed by atoms with E-state index < -0.39 is 5.60 Å². The standard InChI is InChI=1S/C22H27N5O2/c1-14-12-27(13-23-14)18-10-9-15(11-19(18)29-4)24-21-25-17-8-6-5-7-16(17)20(26-21)22(2,3)28/h9-13,28H,5-8H2,1-4H3,(H,24,25,26). The average molecular weight is 393 g/mol. The number of ether oxygens (including phenoxy) is 1. The number of hydrogen-bond acceptors (Lipinski definition) is 6. The smallest absolute Gasteiger partial charge is 0.227 e. The number of aliphatic hydroxyl groups is 1. The minimum atomic E-state index is -1.01. The maximum Gasteiger partial charge on any atom is 0.227 e. The first-order chi connectivity index (χ1) is 13.8. The van der Waals surface area contributed by atoms with Crippen LogP contribution < -0.4 is 10.1 Å². The van der Waals surface area contributed by atoms with E-state index in [9.17, 15) is 5.11 Å². The van der Waals surface area contributed by atoms with Crippen molar-refractivity contribution in [3.8, 4) is 11.4 Å². The summed E-state index contributed by atoms with van der Waals surface area (Å²) < 4.78 is 7.52. The van der Waals surface area contributed by atoms with Gasteiger partial charge in [-0.15, -0.1) is 0 Å². The van der Waals surface area contributed by atoms with Crippen molar-refractivity contribution in [2.24, 2.45) is 0 Å². The van der Waals surface area contributed by atoms with E-state index in [4.69, 9.17) is 9.72 Å². The first kappa shape index (κ1) is 19.4. The van der Waals surface area contributed by atoms with E-state index >= 15 is 0 Å². The molecule has 0 saturated heterocycles. The van der Waals surface area contributed by atoms with Crippen LogP contribution in [0.15, 0.2) is 30.7 Å². The summed E-state index contributed by atoms with van der Waals surface area (Å²) >= 11 is 0. The highest BCUT2D eigenvalue weighted by Crippen LogP contribution is 2.32. The molecule has 0 aliphatic heterocycles. The molecule has 2 heterocycles. The van der Waals surface area contributed by atoms with Crippen molar-refractivity contribution in [3.05, 3.63) is 53.4 Å². The van der Waals surface area contributed by atoms with Gasteiger partial charge in [0, 0.05) is 23.6 Å². The molecule has 2 aromatic heterocycles. The number of nitrogens with one attached hydrogen (secondary N) is 1. The molecule has 1 aliphatic rings. The number of anilines is 2. The molecular weight excluding hydrogens is 366 g/mol. The maximum absolute atomic E-state index is 10.6. The number of nitrogens with zero attached hydrogens (tertiary/aromatic N) is 4. The highest BCUT2D eigenvalue weighted by molar-refractivity contribution is 5.62. The van der Waals surface area contributed by atoms with Gasteiger partial charge in [-0.25, -0.2) is 15.0 Å². The molecule has 1 aliphatic carbocycles. The van der Waals surface area contributed by atoms with Gasteiger partial charge < -0.3 is 19.7 Å². The van der Waals surface area contributed by atoms with E-state index in [1.54, 1.807) is 27.3 Å². The van der Waals surface area contributed by atoms with E-state index in [1.807, 2.05) is 35.9 Å². The number of benzene rings is 1. The fraction of sp³-hybridized carbons (Fsp3) is 0.409. The van der Waals surface area contributed by atoms with Gasteiger partial charge in [-0.1, -0.05) is 0 Å². The molecule has 0 fully saturated rings. The molecule has 0 radical (unpaired) electrons. The SMILES string of the molecule is COc1cc(Nc2nc3c(c(C(C)(C)O)n2)CCCC3)ccc1-n1cnc(C)c1. The Labute approximate surface area is 170 Å². The van der Waals surface area contributed by atoms with Crippen LogP contribution in [0.1, 0.15) is 49.3 Å². The number of fused-ring (bicyclic) bond motifs is 1. The van der Waals surface area contributed by atoms with Gasteiger partial charge in [0.1, 0.15) is 11.4 Å². The van der Waals surface area contributed by atoms with Crippen LogP contribution in [0.2, 0.25) is 0 Å². The summed E-state index contributed by atoms with van der Waals surface area (Å²) in [6.45, 7) is 5.50. The van der Waals surface area contributed by atoms with Gasteiger partial charge in [-0.3, -0.25) is 0 Å². The zero-order valence-electron chi connectivity index (χ0n) is 17.4. The van der Waals surface area contributed by atoms with Crippen LogP contribution in [-0.4, -0.2) is 31.7 Å². The van der Waals surface area contributed by atoms with Gasteiger partial charge in [0.2, 0.25) is 5.95 Å². The summed E-state index contributed by atoms with van der Waals surface area (Å²) in [6.07, 6.45) is 7.77. The van der Waals surface area contributed by atoms with Gasteiger partial charge in [0.15, 0.2) is 0 Å². The highest BCUT2D eigenvalue weighted by Gasteiger charge is 2.27. The predicted molar refractivity (Wildman–Crippen MR) is 112 cm³/mol. The summed E-state index contributed by atoms with van der Waals surface area (Å²) in [5, 5.41) is 13.9. The molecule has 0 spiro atoms. The quantitative estimate of drug-likeness (QED) is 0.685. The molecular formula is C22H27N5O2. The molecule has 29 heavy (non-hydrogen) atoms. The summed E-state index contributed by atoms with van der Waals surface area (Å²) in [6, 6.07) is 5.84. The van der Waals surface area contributed by atoms with Crippen molar-refractivity contribution in [3.63, 3.8) is 0 Å². The number of imidazole rings is 1. The largest absolute Gasteiger partial charge is 0.494 e. The molecule has 7 heteroatoms. The van der Waals surface area contributed by atoms with Crippen LogP contribution in [0.4, 0.5) is 11.6 Å². The summed E-state index contributed by atoms with van der Waals surface area (Å²) in [5.74, 6) is 1.21. The lowest BCUT2D eigenvalue weighted by molar-refractivity contribution is 0.0724. The zero-order chi connectivity index (χ0) is 20.6. The third-order valence-electron chi connectivity index (χ3n) is 5.19. The minimum Gasteiger partial charge on any atom is -0.494 e. The molecule has 3 aromatic rings. The fourth-order valence-electron chi connectivity index (χ4n) is 3.81. The molecule has 152 valence electrons. The third-order valence-corrected chi connectivity index (χ3v) is 5.19. The lowest BCUT2D eigenvalue weighted by atomic mass is 9.89. The third kappa shape index (κ3) is 3.96. The second kappa shape index (κ2) is 7.48. The van der Waals surface area contributed by atoms with E-state index in [1.165, 1.54) is 0 Å². The number of hydrogen-bond donors (Lipinski definition) is 2.